The third-order valence-electron chi connectivity index (χ3n) is 4.38. The summed E-state index contributed by atoms with van der Waals surface area (Å²) in [7, 11) is -3.22. The molecule has 2 heterocycles. The molecule has 2 saturated heterocycles. The van der Waals surface area contributed by atoms with E-state index in [4.69, 9.17) is 0 Å². The average Bonchev–Trinajstić information content (AvgIpc) is 2.65. The molecule has 2 amide bonds. The second kappa shape index (κ2) is 7.17. The summed E-state index contributed by atoms with van der Waals surface area (Å²) in [4.78, 5) is 28.2. The van der Waals surface area contributed by atoms with Crippen molar-refractivity contribution < 1.29 is 18.0 Å². The third kappa shape index (κ3) is 4.67. The van der Waals surface area contributed by atoms with Crippen LogP contribution in [0.4, 0.5) is 0 Å². The summed E-state index contributed by atoms with van der Waals surface area (Å²) in [6, 6.07) is 0. The van der Waals surface area contributed by atoms with E-state index < -0.39 is 10.0 Å². The Labute approximate surface area is 138 Å². The van der Waals surface area contributed by atoms with Crippen LogP contribution in [0.3, 0.4) is 0 Å². The number of hydrogen-bond acceptors (Lipinski definition) is 4. The van der Waals surface area contributed by atoms with Gasteiger partial charge in [-0.1, -0.05) is 13.8 Å². The van der Waals surface area contributed by atoms with E-state index in [-0.39, 0.29) is 24.2 Å². The fourth-order valence-corrected chi connectivity index (χ4v) is 4.13. The summed E-state index contributed by atoms with van der Waals surface area (Å²) in [5.74, 6) is 0.130. The van der Waals surface area contributed by atoms with Gasteiger partial charge in [-0.05, 0) is 12.3 Å². The van der Waals surface area contributed by atoms with Gasteiger partial charge in [-0.2, -0.15) is 0 Å². The Hall–Kier alpha value is -1.15. The lowest BCUT2D eigenvalue weighted by atomic mass is 10.1. The maximum Gasteiger partial charge on any atom is 0.228 e. The highest BCUT2D eigenvalue weighted by Crippen LogP contribution is 2.22. The Morgan fingerprint density at radius 1 is 1.22 bits per heavy atom. The molecule has 0 radical (unpaired) electrons. The Kier molecular flexibility index (Phi) is 5.67. The lowest BCUT2D eigenvalue weighted by molar-refractivity contribution is -0.135. The molecule has 132 valence electrons. The van der Waals surface area contributed by atoms with Crippen LogP contribution < -0.4 is 0 Å². The second-order valence-corrected chi connectivity index (χ2v) is 8.92. The van der Waals surface area contributed by atoms with Crippen LogP contribution in [-0.4, -0.2) is 79.9 Å². The Bertz CT molecular complexity index is 561. The number of hydrogen-bond donors (Lipinski definition) is 0. The molecule has 1 atom stereocenters. The van der Waals surface area contributed by atoms with E-state index in [0.29, 0.717) is 51.6 Å². The van der Waals surface area contributed by atoms with E-state index >= 15 is 0 Å². The van der Waals surface area contributed by atoms with Crippen molar-refractivity contribution in [3.8, 4) is 0 Å². The molecule has 2 aliphatic heterocycles. The molecule has 2 fully saturated rings. The van der Waals surface area contributed by atoms with Crippen LogP contribution in [0, 0.1) is 11.8 Å². The normalized spacial score (nSPS) is 24.3. The van der Waals surface area contributed by atoms with Gasteiger partial charge in [0.05, 0.1) is 12.2 Å². The zero-order valence-corrected chi connectivity index (χ0v) is 15.0. The Balaban J connectivity index is 1.95. The number of carbonyl (C=O) groups excluding carboxylic acids is 2. The molecule has 0 saturated carbocycles. The first-order chi connectivity index (χ1) is 10.7. The lowest BCUT2D eigenvalue weighted by Gasteiger charge is -2.24. The number of amides is 2. The quantitative estimate of drug-likeness (QED) is 0.718. The summed E-state index contributed by atoms with van der Waals surface area (Å²) in [6.45, 7) is 7.02. The Morgan fingerprint density at radius 2 is 1.91 bits per heavy atom. The van der Waals surface area contributed by atoms with Crippen LogP contribution in [-0.2, 0) is 19.6 Å². The van der Waals surface area contributed by atoms with Gasteiger partial charge in [-0.25, -0.2) is 12.7 Å². The van der Waals surface area contributed by atoms with Gasteiger partial charge in [0, 0.05) is 45.7 Å². The van der Waals surface area contributed by atoms with Crippen LogP contribution in [0.25, 0.3) is 0 Å². The largest absolute Gasteiger partial charge is 0.342 e. The average molecular weight is 345 g/mol. The number of likely N-dealkylation sites (tertiary alicyclic amines) is 1. The Morgan fingerprint density at radius 3 is 2.52 bits per heavy atom. The first-order valence-electron chi connectivity index (χ1n) is 8.20. The van der Waals surface area contributed by atoms with E-state index in [9.17, 15) is 18.0 Å². The zero-order valence-electron chi connectivity index (χ0n) is 14.2. The standard InChI is InChI=1S/C15H27N3O4S/c1-12(2)10-17-11-13(9-14(17)19)15(20)16-5-4-6-18(8-7-16)23(3,21)22/h12-13H,4-11H2,1-3H3/t13-/m0/s1. The minimum atomic E-state index is -3.22. The van der Waals surface area contributed by atoms with Gasteiger partial charge in [-0.3, -0.25) is 9.59 Å². The fraction of sp³-hybridized carbons (Fsp3) is 0.867. The van der Waals surface area contributed by atoms with Gasteiger partial charge in [0.25, 0.3) is 0 Å². The molecule has 0 unspecified atom stereocenters. The van der Waals surface area contributed by atoms with E-state index in [1.165, 1.54) is 10.6 Å². The van der Waals surface area contributed by atoms with Gasteiger partial charge >= 0.3 is 0 Å². The fourth-order valence-electron chi connectivity index (χ4n) is 3.26. The van der Waals surface area contributed by atoms with Gasteiger partial charge in [-0.15, -0.1) is 0 Å². The SMILES string of the molecule is CC(C)CN1C[C@@H](C(=O)N2CCCN(S(C)(=O)=O)CC2)CC1=O. The van der Waals surface area contributed by atoms with E-state index in [1.54, 1.807) is 9.80 Å². The molecule has 0 bridgehead atoms. The lowest BCUT2D eigenvalue weighted by Crippen LogP contribution is -2.40. The van der Waals surface area contributed by atoms with E-state index in [2.05, 4.69) is 13.8 Å². The monoisotopic (exact) mass is 345 g/mol. The van der Waals surface area contributed by atoms with Crippen molar-refractivity contribution in [2.24, 2.45) is 11.8 Å². The van der Waals surface area contributed by atoms with Crippen LogP contribution >= 0.6 is 0 Å². The van der Waals surface area contributed by atoms with Crippen LogP contribution in [0.1, 0.15) is 26.7 Å². The van der Waals surface area contributed by atoms with Crippen molar-refractivity contribution >= 4 is 21.8 Å². The molecule has 2 aliphatic rings. The minimum Gasteiger partial charge on any atom is -0.342 e. The molecule has 2 rings (SSSR count). The van der Waals surface area contributed by atoms with E-state index in [0.717, 1.165) is 0 Å². The molecule has 0 N–H and O–H groups in total. The van der Waals surface area contributed by atoms with Gasteiger partial charge < -0.3 is 9.80 Å². The van der Waals surface area contributed by atoms with Gasteiger partial charge in [0.1, 0.15) is 0 Å². The van der Waals surface area contributed by atoms with Crippen LogP contribution in [0.5, 0.6) is 0 Å². The highest BCUT2D eigenvalue weighted by atomic mass is 32.2. The topological polar surface area (TPSA) is 78.0 Å². The first-order valence-corrected chi connectivity index (χ1v) is 10.0. The van der Waals surface area contributed by atoms with Crippen molar-refractivity contribution in [3.05, 3.63) is 0 Å². The minimum absolute atomic E-state index is 0.0139. The number of nitrogens with zero attached hydrogens (tertiary/aromatic N) is 3. The maximum absolute atomic E-state index is 12.7. The molecule has 0 aliphatic carbocycles. The van der Waals surface area contributed by atoms with Crippen LogP contribution in [0.2, 0.25) is 0 Å². The zero-order chi connectivity index (χ0) is 17.2. The third-order valence-corrected chi connectivity index (χ3v) is 5.69. The van der Waals surface area contributed by atoms with Crippen LogP contribution in [0.15, 0.2) is 0 Å². The summed E-state index contributed by atoms with van der Waals surface area (Å²) in [6.07, 6.45) is 2.11. The smallest absolute Gasteiger partial charge is 0.228 e. The van der Waals surface area contributed by atoms with Crippen molar-refractivity contribution in [1.82, 2.24) is 14.1 Å². The molecule has 8 heteroatoms. The van der Waals surface area contributed by atoms with Gasteiger partial charge in [0.2, 0.25) is 21.8 Å². The highest BCUT2D eigenvalue weighted by Gasteiger charge is 2.37. The molecule has 0 aromatic rings. The highest BCUT2D eigenvalue weighted by molar-refractivity contribution is 7.88. The van der Waals surface area contributed by atoms with Crippen molar-refractivity contribution in [1.29, 1.82) is 0 Å². The summed E-state index contributed by atoms with van der Waals surface area (Å²) in [5.41, 5.74) is 0. The number of sulfonamides is 1. The molecule has 0 spiro atoms. The molecule has 23 heavy (non-hydrogen) atoms. The van der Waals surface area contributed by atoms with E-state index in [1.807, 2.05) is 0 Å². The molecule has 0 aromatic heterocycles. The summed E-state index contributed by atoms with van der Waals surface area (Å²) >= 11 is 0. The van der Waals surface area contributed by atoms with Crippen molar-refractivity contribution in [2.45, 2.75) is 26.7 Å². The van der Waals surface area contributed by atoms with Crippen molar-refractivity contribution in [3.63, 3.8) is 0 Å². The predicted octanol–water partition coefficient (Wildman–Crippen LogP) is -0.0152. The second-order valence-electron chi connectivity index (χ2n) is 6.93. The summed E-state index contributed by atoms with van der Waals surface area (Å²) < 4.78 is 24.7. The van der Waals surface area contributed by atoms with Gasteiger partial charge in [0.15, 0.2) is 0 Å². The maximum atomic E-state index is 12.7. The molecule has 0 aromatic carbocycles. The molecular formula is C15H27N3O4S. The molecular weight excluding hydrogens is 318 g/mol. The number of carbonyl (C=O) groups is 2. The summed E-state index contributed by atoms with van der Waals surface area (Å²) in [5, 5.41) is 0. The predicted molar refractivity (Wildman–Crippen MR) is 87.1 cm³/mol. The van der Waals surface area contributed by atoms with Crippen molar-refractivity contribution in [2.75, 3.05) is 45.5 Å². The number of rotatable bonds is 4. The molecule has 7 nitrogen and oxygen atoms in total. The first kappa shape index (κ1) is 18.2.